The fraction of sp³-hybridized carbons (Fsp3) is 0.794. The molecule has 0 aliphatic carbocycles. The Morgan fingerprint density at radius 2 is 1.45 bits per heavy atom. The van der Waals surface area contributed by atoms with Crippen molar-refractivity contribution in [1.29, 1.82) is 0 Å². The Hall–Kier alpha value is -1.26. The van der Waals surface area contributed by atoms with Crippen molar-refractivity contribution in [3.8, 4) is 0 Å². The molecular weight excluding hydrogens is 643 g/mol. The first-order valence-corrected chi connectivity index (χ1v) is 16.6. The second kappa shape index (κ2) is 25.1. The fourth-order valence-corrected chi connectivity index (χ4v) is 5.44. The van der Waals surface area contributed by atoms with Crippen molar-refractivity contribution in [1.82, 2.24) is 4.90 Å². The van der Waals surface area contributed by atoms with Gasteiger partial charge in [0.25, 0.3) is 0 Å². The molecule has 2 amide bonds. The number of aryl methyl sites for hydroxylation is 1. The molecule has 242 valence electrons. The predicted molar refractivity (Wildman–Crippen MR) is 163 cm³/mol. The summed E-state index contributed by atoms with van der Waals surface area (Å²) in [6.45, 7) is 6.02. The largest absolute Gasteiger partial charge is 1.00 e. The van der Waals surface area contributed by atoms with E-state index >= 15 is 0 Å². The minimum atomic E-state index is -0.607. The summed E-state index contributed by atoms with van der Waals surface area (Å²) in [7, 11) is 1.89. The van der Waals surface area contributed by atoms with Crippen LogP contribution in [0.15, 0.2) is 24.4 Å². The third kappa shape index (κ3) is 17.8. The van der Waals surface area contributed by atoms with Crippen molar-refractivity contribution >= 4 is 12.0 Å². The number of imide groups is 1. The molecule has 0 bridgehead atoms. The monoisotopic (exact) mass is 702 g/mol. The number of halogens is 1. The normalized spacial score (nSPS) is 16.3. The van der Waals surface area contributed by atoms with Crippen molar-refractivity contribution in [2.75, 3.05) is 26.4 Å². The molecule has 0 spiro atoms. The van der Waals surface area contributed by atoms with Gasteiger partial charge >= 0.3 is 6.09 Å². The van der Waals surface area contributed by atoms with Gasteiger partial charge in [0.05, 0.1) is 25.9 Å². The van der Waals surface area contributed by atoms with Gasteiger partial charge in [-0.25, -0.2) is 14.3 Å². The van der Waals surface area contributed by atoms with Crippen molar-refractivity contribution in [2.45, 2.75) is 136 Å². The van der Waals surface area contributed by atoms with E-state index in [1.54, 1.807) is 0 Å². The molecule has 1 fully saturated rings. The van der Waals surface area contributed by atoms with Gasteiger partial charge < -0.3 is 38.2 Å². The molecule has 1 saturated heterocycles. The molecule has 2 rings (SSSR count). The Kier molecular flexibility index (Phi) is 23.2. The van der Waals surface area contributed by atoms with Gasteiger partial charge in [0.1, 0.15) is 13.6 Å². The van der Waals surface area contributed by atoms with Crippen LogP contribution < -0.4 is 28.5 Å². The second-order valence-corrected chi connectivity index (χ2v) is 11.9. The highest BCUT2D eigenvalue weighted by atomic mass is 127. The van der Waals surface area contributed by atoms with Crippen LogP contribution in [0.2, 0.25) is 0 Å². The average molecular weight is 703 g/mol. The molecule has 1 aromatic heterocycles. The fourth-order valence-electron chi connectivity index (χ4n) is 5.44. The third-order valence-electron chi connectivity index (χ3n) is 8.14. The minimum Gasteiger partial charge on any atom is -1.00 e. The van der Waals surface area contributed by atoms with Crippen LogP contribution in [0.1, 0.15) is 129 Å². The van der Waals surface area contributed by atoms with Crippen LogP contribution in [0.3, 0.4) is 0 Å². The van der Waals surface area contributed by atoms with Crippen LogP contribution in [0.4, 0.5) is 4.79 Å². The lowest BCUT2D eigenvalue weighted by molar-refractivity contribution is -0.679. The summed E-state index contributed by atoms with van der Waals surface area (Å²) in [5.41, 5.74) is 0.852. The average Bonchev–Trinajstić information content (AvgIpc) is 3.42. The number of aromatic nitrogens is 1. The van der Waals surface area contributed by atoms with Gasteiger partial charge in [0, 0.05) is 31.6 Å². The standard InChI is InChI=1S/C34H59N2O5.HI/c1-4-5-6-7-8-9-10-11-12-13-14-15-16-17-18-21-24-39-29-33-25-31(27-40-33)28-41-34(38)36(30(2)37)26-32-22-19-20-23-35(32)3;/h19-20,22-23,31,33H,4-18,21,24-29H2,1-3H3;1H/q+1;/p-1/t31-,33+;/m1./s1. The van der Waals surface area contributed by atoms with Gasteiger partial charge in [0.15, 0.2) is 6.20 Å². The summed E-state index contributed by atoms with van der Waals surface area (Å²) >= 11 is 0. The lowest BCUT2D eigenvalue weighted by atomic mass is 10.0. The van der Waals surface area contributed by atoms with Gasteiger partial charge in [-0.2, -0.15) is 0 Å². The first-order chi connectivity index (χ1) is 20.0. The number of carbonyl (C=O) groups is 2. The van der Waals surface area contributed by atoms with Gasteiger partial charge in [-0.05, 0) is 12.8 Å². The van der Waals surface area contributed by atoms with Crippen LogP contribution >= 0.6 is 0 Å². The Morgan fingerprint density at radius 3 is 2.00 bits per heavy atom. The molecule has 0 saturated carbocycles. The highest BCUT2D eigenvalue weighted by molar-refractivity contribution is 5.90. The van der Waals surface area contributed by atoms with Crippen LogP contribution in [0.25, 0.3) is 0 Å². The zero-order chi connectivity index (χ0) is 29.5. The number of ether oxygens (including phenoxy) is 3. The number of unbranched alkanes of at least 4 members (excludes halogenated alkanes) is 15. The van der Waals surface area contributed by atoms with Crippen molar-refractivity contribution in [2.24, 2.45) is 13.0 Å². The second-order valence-electron chi connectivity index (χ2n) is 11.9. The Labute approximate surface area is 273 Å². The van der Waals surface area contributed by atoms with E-state index in [9.17, 15) is 9.59 Å². The molecule has 1 aliphatic rings. The molecule has 42 heavy (non-hydrogen) atoms. The van der Waals surface area contributed by atoms with E-state index in [0.29, 0.717) is 13.2 Å². The summed E-state index contributed by atoms with van der Waals surface area (Å²) in [5.74, 6) is -0.202. The number of hydrogen-bond acceptors (Lipinski definition) is 5. The van der Waals surface area contributed by atoms with Gasteiger partial charge in [-0.1, -0.05) is 109 Å². The van der Waals surface area contributed by atoms with Crippen molar-refractivity contribution in [3.05, 3.63) is 30.1 Å². The zero-order valence-corrected chi connectivity index (χ0v) is 29.0. The molecule has 2 heterocycles. The van der Waals surface area contributed by atoms with E-state index in [1.807, 2.05) is 36.0 Å². The van der Waals surface area contributed by atoms with E-state index in [4.69, 9.17) is 14.2 Å². The summed E-state index contributed by atoms with van der Waals surface area (Å²) in [6.07, 6.45) is 24.0. The highest BCUT2D eigenvalue weighted by Gasteiger charge is 2.29. The highest BCUT2D eigenvalue weighted by Crippen LogP contribution is 2.21. The quantitative estimate of drug-likeness (QED) is 0.0942. The predicted octanol–water partition coefficient (Wildman–Crippen LogP) is 4.68. The summed E-state index contributed by atoms with van der Waals surface area (Å²) < 4.78 is 19.1. The van der Waals surface area contributed by atoms with E-state index in [-0.39, 0.29) is 55.1 Å². The first kappa shape index (κ1) is 38.8. The van der Waals surface area contributed by atoms with Gasteiger partial charge in [-0.3, -0.25) is 4.79 Å². The molecule has 0 N–H and O–H groups in total. The molecule has 2 atom stereocenters. The Bertz CT molecular complexity index is 840. The van der Waals surface area contributed by atoms with Crippen LogP contribution in [-0.4, -0.2) is 49.4 Å². The number of rotatable bonds is 23. The number of carbonyl (C=O) groups excluding carboxylic acids is 2. The van der Waals surface area contributed by atoms with Gasteiger partial charge in [-0.15, -0.1) is 0 Å². The maximum atomic E-state index is 12.6. The van der Waals surface area contributed by atoms with E-state index < -0.39 is 6.09 Å². The van der Waals surface area contributed by atoms with E-state index in [2.05, 4.69) is 6.92 Å². The minimum absolute atomic E-state index is 0. The lowest BCUT2D eigenvalue weighted by Gasteiger charge is -2.18. The van der Waals surface area contributed by atoms with Crippen LogP contribution in [0, 0.1) is 5.92 Å². The maximum absolute atomic E-state index is 12.6. The summed E-state index contributed by atoms with van der Waals surface area (Å²) in [5, 5.41) is 0. The molecule has 8 heteroatoms. The molecule has 0 unspecified atom stereocenters. The molecule has 0 aromatic carbocycles. The number of amides is 2. The lowest BCUT2D eigenvalue weighted by Crippen LogP contribution is -3.00. The first-order valence-electron chi connectivity index (χ1n) is 16.6. The smallest absolute Gasteiger partial charge is 0.417 e. The van der Waals surface area contributed by atoms with E-state index in [0.717, 1.165) is 30.0 Å². The molecule has 7 nitrogen and oxygen atoms in total. The Balaban J connectivity index is 0.00000882. The van der Waals surface area contributed by atoms with Crippen LogP contribution in [-0.2, 0) is 32.6 Å². The number of pyridine rings is 1. The topological polar surface area (TPSA) is 69.0 Å². The molecule has 0 radical (unpaired) electrons. The molecular formula is C34H59IN2O5. The molecule has 1 aromatic rings. The van der Waals surface area contributed by atoms with Crippen LogP contribution in [0.5, 0.6) is 0 Å². The summed E-state index contributed by atoms with van der Waals surface area (Å²) in [6, 6.07) is 5.68. The van der Waals surface area contributed by atoms with Crippen molar-refractivity contribution in [3.63, 3.8) is 0 Å². The zero-order valence-electron chi connectivity index (χ0n) is 26.8. The van der Waals surface area contributed by atoms with Gasteiger partial charge in [0.2, 0.25) is 11.6 Å². The number of hydrogen-bond donors (Lipinski definition) is 0. The Morgan fingerprint density at radius 1 is 0.881 bits per heavy atom. The number of nitrogens with zero attached hydrogens (tertiary/aromatic N) is 2. The maximum Gasteiger partial charge on any atom is 0.417 e. The SMILES string of the molecule is CCCCCCCCCCCCCCCCCCOC[C@@H]1C[C@@H](COC(=O)N(Cc2cccc[n+]2C)C(C)=O)CO1.[I-]. The summed E-state index contributed by atoms with van der Waals surface area (Å²) in [4.78, 5) is 25.8. The van der Waals surface area contributed by atoms with Crippen molar-refractivity contribution < 1.29 is 52.3 Å². The molecule has 1 aliphatic heterocycles. The third-order valence-corrected chi connectivity index (χ3v) is 8.14. The van der Waals surface area contributed by atoms with E-state index in [1.165, 1.54) is 103 Å².